The summed E-state index contributed by atoms with van der Waals surface area (Å²) < 4.78 is 44.6. The van der Waals surface area contributed by atoms with Crippen LogP contribution in [0.2, 0.25) is 0 Å². The summed E-state index contributed by atoms with van der Waals surface area (Å²) in [6.07, 6.45) is 0. The molecule has 3 nitrogen and oxygen atoms in total. The number of benzene rings is 1. The number of ether oxygens (including phenoxy) is 1. The van der Waals surface area contributed by atoms with Crippen LogP contribution in [0.3, 0.4) is 0 Å². The predicted molar refractivity (Wildman–Crippen MR) is 62.7 cm³/mol. The van der Waals surface area contributed by atoms with Gasteiger partial charge in [-0.1, -0.05) is 0 Å². The Morgan fingerprint density at radius 3 is 2.44 bits per heavy atom. The first-order chi connectivity index (χ1) is 8.47. The van der Waals surface area contributed by atoms with Crippen molar-refractivity contribution in [1.82, 2.24) is 4.98 Å². The van der Waals surface area contributed by atoms with Gasteiger partial charge in [-0.25, -0.2) is 13.2 Å². The molecule has 0 aliphatic carbocycles. The van der Waals surface area contributed by atoms with E-state index in [1.165, 1.54) is 12.1 Å². The number of aromatic nitrogens is 1. The van der Waals surface area contributed by atoms with Crippen LogP contribution in [0, 0.1) is 17.5 Å². The van der Waals surface area contributed by atoms with Gasteiger partial charge in [0.05, 0.1) is 4.47 Å². The van der Waals surface area contributed by atoms with E-state index in [-0.39, 0.29) is 10.2 Å². The lowest BCUT2D eigenvalue weighted by atomic mass is 10.3. The maximum absolute atomic E-state index is 13.3. The van der Waals surface area contributed by atoms with E-state index in [0.717, 1.165) is 6.07 Å². The predicted octanol–water partition coefficient (Wildman–Crippen LogP) is 3.64. The molecule has 0 spiro atoms. The summed E-state index contributed by atoms with van der Waals surface area (Å²) in [6, 6.07) is 4.36. The number of nitrogens with two attached hydrogens (primary N) is 1. The van der Waals surface area contributed by atoms with Crippen LogP contribution in [0.5, 0.6) is 11.6 Å². The van der Waals surface area contributed by atoms with E-state index >= 15 is 0 Å². The van der Waals surface area contributed by atoms with Gasteiger partial charge in [-0.15, -0.1) is 0 Å². The summed E-state index contributed by atoms with van der Waals surface area (Å²) in [5, 5.41) is 0. The Morgan fingerprint density at radius 2 is 1.78 bits per heavy atom. The van der Waals surface area contributed by atoms with Crippen molar-refractivity contribution in [2.75, 3.05) is 5.73 Å². The van der Waals surface area contributed by atoms with E-state index in [4.69, 9.17) is 10.5 Å². The molecular formula is C11H6BrF3N2O. The monoisotopic (exact) mass is 318 g/mol. The molecule has 0 unspecified atom stereocenters. The third-order valence-electron chi connectivity index (χ3n) is 2.03. The lowest BCUT2D eigenvalue weighted by Crippen LogP contribution is -2.00. The van der Waals surface area contributed by atoms with Crippen LogP contribution in [0.4, 0.5) is 19.0 Å². The summed E-state index contributed by atoms with van der Waals surface area (Å²) >= 11 is 2.96. The fourth-order valence-electron chi connectivity index (χ4n) is 1.19. The Kier molecular flexibility index (Phi) is 3.42. The molecule has 0 fully saturated rings. The smallest absolute Gasteiger partial charge is 0.258 e. The van der Waals surface area contributed by atoms with Gasteiger partial charge in [0.2, 0.25) is 0 Å². The van der Waals surface area contributed by atoms with Crippen molar-refractivity contribution in [3.63, 3.8) is 0 Å². The van der Waals surface area contributed by atoms with Crippen molar-refractivity contribution >= 4 is 21.7 Å². The SMILES string of the molecule is Nc1nc(Oc2ccc(Br)c(F)c2)c(F)cc1F. The van der Waals surface area contributed by atoms with Gasteiger partial charge in [0.15, 0.2) is 17.5 Å². The van der Waals surface area contributed by atoms with Crippen molar-refractivity contribution in [2.24, 2.45) is 0 Å². The van der Waals surface area contributed by atoms with Gasteiger partial charge in [0.25, 0.3) is 5.88 Å². The lowest BCUT2D eigenvalue weighted by molar-refractivity contribution is 0.415. The largest absolute Gasteiger partial charge is 0.436 e. The Bertz CT molecular complexity index is 607. The van der Waals surface area contributed by atoms with Gasteiger partial charge < -0.3 is 10.5 Å². The number of halogens is 4. The number of hydrogen-bond acceptors (Lipinski definition) is 3. The van der Waals surface area contributed by atoms with Crippen LogP contribution in [-0.4, -0.2) is 4.98 Å². The highest BCUT2D eigenvalue weighted by atomic mass is 79.9. The summed E-state index contributed by atoms with van der Waals surface area (Å²) in [5.41, 5.74) is 5.18. The highest BCUT2D eigenvalue weighted by Gasteiger charge is 2.12. The van der Waals surface area contributed by atoms with Gasteiger partial charge >= 0.3 is 0 Å². The summed E-state index contributed by atoms with van der Waals surface area (Å²) in [5.74, 6) is -3.58. The Morgan fingerprint density at radius 1 is 1.06 bits per heavy atom. The maximum Gasteiger partial charge on any atom is 0.258 e. The molecule has 0 saturated heterocycles. The first kappa shape index (κ1) is 12.7. The number of rotatable bonds is 2. The van der Waals surface area contributed by atoms with Gasteiger partial charge in [-0.2, -0.15) is 4.98 Å². The molecule has 7 heteroatoms. The zero-order chi connectivity index (χ0) is 13.3. The first-order valence-electron chi connectivity index (χ1n) is 4.72. The van der Waals surface area contributed by atoms with Crippen LogP contribution in [-0.2, 0) is 0 Å². The summed E-state index contributed by atoms with van der Waals surface area (Å²) in [4.78, 5) is 3.39. The number of anilines is 1. The molecule has 2 N–H and O–H groups in total. The molecule has 0 saturated carbocycles. The fraction of sp³-hybridized carbons (Fsp3) is 0. The minimum Gasteiger partial charge on any atom is -0.436 e. The molecule has 0 atom stereocenters. The second-order valence-electron chi connectivity index (χ2n) is 3.32. The van der Waals surface area contributed by atoms with E-state index in [0.29, 0.717) is 6.07 Å². The van der Waals surface area contributed by atoms with E-state index in [2.05, 4.69) is 20.9 Å². The molecule has 1 heterocycles. The second kappa shape index (κ2) is 4.85. The highest BCUT2D eigenvalue weighted by molar-refractivity contribution is 9.10. The normalized spacial score (nSPS) is 10.4. The van der Waals surface area contributed by atoms with Crippen LogP contribution in [0.15, 0.2) is 28.7 Å². The Hall–Kier alpha value is -1.76. The molecule has 1 aromatic carbocycles. The minimum atomic E-state index is -1.02. The third kappa shape index (κ3) is 2.56. The molecule has 0 aliphatic rings. The quantitative estimate of drug-likeness (QED) is 0.919. The Labute approximate surface area is 109 Å². The number of hydrogen-bond donors (Lipinski definition) is 1. The molecule has 18 heavy (non-hydrogen) atoms. The van der Waals surface area contributed by atoms with Gasteiger partial charge in [-0.3, -0.25) is 0 Å². The molecule has 0 radical (unpaired) electrons. The average Bonchev–Trinajstić information content (AvgIpc) is 2.31. The van der Waals surface area contributed by atoms with Crippen molar-refractivity contribution in [2.45, 2.75) is 0 Å². The topological polar surface area (TPSA) is 48.1 Å². The van der Waals surface area contributed by atoms with Gasteiger partial charge in [0, 0.05) is 12.1 Å². The molecule has 0 bridgehead atoms. The van der Waals surface area contributed by atoms with E-state index in [1.54, 1.807) is 0 Å². The minimum absolute atomic E-state index is 0.0214. The number of nitrogen functional groups attached to an aromatic ring is 1. The molecular weight excluding hydrogens is 313 g/mol. The molecule has 1 aromatic heterocycles. The number of nitrogens with zero attached hydrogens (tertiary/aromatic N) is 1. The second-order valence-corrected chi connectivity index (χ2v) is 4.17. The summed E-state index contributed by atoms with van der Waals surface area (Å²) in [6.45, 7) is 0. The van der Waals surface area contributed by atoms with Gasteiger partial charge in [-0.05, 0) is 28.1 Å². The van der Waals surface area contributed by atoms with E-state index in [1.807, 2.05) is 0 Å². The number of pyridine rings is 1. The Balaban J connectivity index is 2.34. The molecule has 0 aliphatic heterocycles. The zero-order valence-electron chi connectivity index (χ0n) is 8.75. The average molecular weight is 319 g/mol. The third-order valence-corrected chi connectivity index (χ3v) is 2.67. The van der Waals surface area contributed by atoms with E-state index < -0.39 is 29.1 Å². The van der Waals surface area contributed by atoms with E-state index in [9.17, 15) is 13.2 Å². The highest BCUT2D eigenvalue weighted by Crippen LogP contribution is 2.27. The van der Waals surface area contributed by atoms with Gasteiger partial charge in [0.1, 0.15) is 11.6 Å². The van der Waals surface area contributed by atoms with Crippen LogP contribution in [0.25, 0.3) is 0 Å². The molecule has 0 amide bonds. The van der Waals surface area contributed by atoms with Crippen LogP contribution < -0.4 is 10.5 Å². The van der Waals surface area contributed by atoms with Crippen molar-refractivity contribution in [3.05, 3.63) is 46.2 Å². The first-order valence-corrected chi connectivity index (χ1v) is 5.51. The van der Waals surface area contributed by atoms with Crippen LogP contribution >= 0.6 is 15.9 Å². The molecule has 94 valence electrons. The standard InChI is InChI=1S/C11H6BrF3N2O/c12-6-2-1-5(3-7(6)13)18-11-9(15)4-8(14)10(16)17-11/h1-4H,(H2,16,17). The van der Waals surface area contributed by atoms with Crippen LogP contribution in [0.1, 0.15) is 0 Å². The zero-order valence-corrected chi connectivity index (χ0v) is 10.3. The molecule has 2 aromatic rings. The van der Waals surface area contributed by atoms with Crippen molar-refractivity contribution in [1.29, 1.82) is 0 Å². The van der Waals surface area contributed by atoms with Crippen molar-refractivity contribution < 1.29 is 17.9 Å². The molecule has 2 rings (SSSR count). The maximum atomic E-state index is 13.3. The summed E-state index contributed by atoms with van der Waals surface area (Å²) in [7, 11) is 0. The lowest BCUT2D eigenvalue weighted by Gasteiger charge is -2.07. The fourth-order valence-corrected chi connectivity index (χ4v) is 1.43. The van der Waals surface area contributed by atoms with Crippen molar-refractivity contribution in [3.8, 4) is 11.6 Å².